The van der Waals surface area contributed by atoms with Crippen LogP contribution in [0.25, 0.3) is 10.1 Å². The van der Waals surface area contributed by atoms with E-state index in [4.69, 9.17) is 0 Å². The fraction of sp³-hybridized carbons (Fsp3) is 0.400. The Kier molecular flexibility index (Phi) is 6.40. The van der Waals surface area contributed by atoms with Gasteiger partial charge in [-0.15, -0.1) is 23.7 Å². The summed E-state index contributed by atoms with van der Waals surface area (Å²) in [7, 11) is 3.24. The first-order valence-corrected chi connectivity index (χ1v) is 10.1. The molecule has 28 heavy (non-hydrogen) atoms. The Hall–Kier alpha value is -1.93. The van der Waals surface area contributed by atoms with E-state index in [1.165, 1.54) is 24.8 Å². The molecule has 0 amide bonds. The lowest BCUT2D eigenvalue weighted by Gasteiger charge is -2.28. The van der Waals surface area contributed by atoms with Gasteiger partial charge in [-0.05, 0) is 35.4 Å². The van der Waals surface area contributed by atoms with E-state index in [2.05, 4.69) is 39.9 Å². The Morgan fingerprint density at radius 3 is 2.68 bits per heavy atom. The highest BCUT2D eigenvalue weighted by atomic mass is 35.5. The number of aryl methyl sites for hydroxylation is 1. The van der Waals surface area contributed by atoms with Crippen LogP contribution < -0.4 is 16.6 Å². The summed E-state index contributed by atoms with van der Waals surface area (Å²) < 4.78 is 3.97. The van der Waals surface area contributed by atoms with Gasteiger partial charge in [0, 0.05) is 56.2 Å². The van der Waals surface area contributed by atoms with Gasteiger partial charge in [-0.2, -0.15) is 0 Å². The second-order valence-electron chi connectivity index (χ2n) is 7.22. The zero-order chi connectivity index (χ0) is 19.0. The highest BCUT2D eigenvalue weighted by Crippen LogP contribution is 2.28. The van der Waals surface area contributed by atoms with Gasteiger partial charge < -0.3 is 9.88 Å². The number of thiophene rings is 1. The third-order valence-electron chi connectivity index (χ3n) is 5.38. The third kappa shape index (κ3) is 3.93. The molecule has 0 bridgehead atoms. The van der Waals surface area contributed by atoms with Gasteiger partial charge in [-0.25, -0.2) is 4.79 Å². The van der Waals surface area contributed by atoms with Crippen LogP contribution in [-0.2, 0) is 27.2 Å². The molecule has 0 spiro atoms. The molecule has 4 rings (SSSR count). The molecule has 1 N–H and O–H groups in total. The monoisotopic (exact) mass is 420 g/mol. The van der Waals surface area contributed by atoms with Crippen molar-refractivity contribution in [1.82, 2.24) is 19.4 Å². The third-order valence-corrected chi connectivity index (χ3v) is 6.39. The molecule has 0 radical (unpaired) electrons. The van der Waals surface area contributed by atoms with E-state index in [-0.39, 0.29) is 23.7 Å². The van der Waals surface area contributed by atoms with E-state index >= 15 is 0 Å². The fourth-order valence-electron chi connectivity index (χ4n) is 3.85. The topological polar surface area (TPSA) is 59.3 Å². The molecule has 1 aliphatic heterocycles. The standard InChI is InChI=1S/C20H24N4O2S.ClH/c1-22-10-14(19(25)23(2)20(22)26)11-24(16-7-8-21-9-16)12-15-13-27-18-6-4-3-5-17(15)18;/h3-6,10,13,16,21H,7-9,11-12H2,1-2H3;1H. The molecule has 3 heterocycles. The van der Waals surface area contributed by atoms with Crippen molar-refractivity contribution < 1.29 is 0 Å². The zero-order valence-electron chi connectivity index (χ0n) is 16.1. The van der Waals surface area contributed by atoms with Crippen molar-refractivity contribution in [3.8, 4) is 0 Å². The summed E-state index contributed by atoms with van der Waals surface area (Å²) in [6.45, 7) is 3.25. The maximum Gasteiger partial charge on any atom is 0.330 e. The number of halogens is 1. The molecule has 1 saturated heterocycles. The molecule has 1 atom stereocenters. The molecule has 8 heteroatoms. The molecule has 0 aliphatic carbocycles. The van der Waals surface area contributed by atoms with Crippen LogP contribution in [0.15, 0.2) is 45.4 Å². The molecular weight excluding hydrogens is 396 g/mol. The lowest BCUT2D eigenvalue weighted by Crippen LogP contribution is -2.42. The van der Waals surface area contributed by atoms with Crippen LogP contribution in [0.2, 0.25) is 0 Å². The average molecular weight is 421 g/mol. The van der Waals surface area contributed by atoms with Crippen molar-refractivity contribution >= 4 is 33.8 Å². The molecule has 1 unspecified atom stereocenters. The average Bonchev–Trinajstić information content (AvgIpc) is 3.34. The van der Waals surface area contributed by atoms with Crippen LogP contribution in [0.3, 0.4) is 0 Å². The molecule has 3 aromatic rings. The van der Waals surface area contributed by atoms with E-state index in [1.54, 1.807) is 31.6 Å². The van der Waals surface area contributed by atoms with Gasteiger partial charge in [0.2, 0.25) is 0 Å². The summed E-state index contributed by atoms with van der Waals surface area (Å²) in [6.07, 6.45) is 2.75. The fourth-order valence-corrected chi connectivity index (χ4v) is 4.80. The van der Waals surface area contributed by atoms with Gasteiger partial charge >= 0.3 is 5.69 Å². The van der Waals surface area contributed by atoms with Gasteiger partial charge in [-0.3, -0.25) is 14.3 Å². The largest absolute Gasteiger partial charge is 0.330 e. The first kappa shape index (κ1) is 20.8. The SMILES string of the molecule is Cl.Cn1cc(CN(Cc2csc3ccccc23)C2CCNC2)c(=O)n(C)c1=O. The maximum atomic E-state index is 12.6. The Morgan fingerprint density at radius 1 is 1.18 bits per heavy atom. The van der Waals surface area contributed by atoms with Crippen molar-refractivity contribution in [2.75, 3.05) is 13.1 Å². The first-order valence-electron chi connectivity index (χ1n) is 9.20. The van der Waals surface area contributed by atoms with Crippen molar-refractivity contribution in [1.29, 1.82) is 0 Å². The molecule has 150 valence electrons. The van der Waals surface area contributed by atoms with Crippen molar-refractivity contribution in [2.45, 2.75) is 25.6 Å². The van der Waals surface area contributed by atoms with E-state index < -0.39 is 0 Å². The Bertz CT molecular complexity index is 1080. The molecule has 0 saturated carbocycles. The predicted molar refractivity (Wildman–Crippen MR) is 117 cm³/mol. The normalized spacial score (nSPS) is 16.6. The smallest absolute Gasteiger partial charge is 0.315 e. The summed E-state index contributed by atoms with van der Waals surface area (Å²) >= 11 is 1.76. The van der Waals surface area contributed by atoms with Crippen LogP contribution in [0.1, 0.15) is 17.5 Å². The molecular formula is C20H25ClN4O2S. The van der Waals surface area contributed by atoms with Gasteiger partial charge in [0.25, 0.3) is 5.56 Å². The van der Waals surface area contributed by atoms with Gasteiger partial charge in [-0.1, -0.05) is 18.2 Å². The Balaban J connectivity index is 0.00000225. The minimum atomic E-state index is -0.290. The lowest BCUT2D eigenvalue weighted by atomic mass is 10.1. The highest BCUT2D eigenvalue weighted by Gasteiger charge is 2.24. The molecule has 2 aromatic heterocycles. The number of hydrogen-bond donors (Lipinski definition) is 1. The highest BCUT2D eigenvalue weighted by molar-refractivity contribution is 7.17. The van der Waals surface area contributed by atoms with Crippen molar-refractivity contribution in [3.05, 3.63) is 67.8 Å². The first-order chi connectivity index (χ1) is 13.0. The van der Waals surface area contributed by atoms with Crippen molar-refractivity contribution in [3.63, 3.8) is 0 Å². The minimum Gasteiger partial charge on any atom is -0.315 e. The number of aromatic nitrogens is 2. The zero-order valence-corrected chi connectivity index (χ0v) is 17.7. The van der Waals surface area contributed by atoms with E-state index in [0.717, 1.165) is 26.1 Å². The summed E-state index contributed by atoms with van der Waals surface area (Å²) in [5, 5.41) is 6.93. The summed E-state index contributed by atoms with van der Waals surface area (Å²) in [6, 6.07) is 8.83. The van der Waals surface area contributed by atoms with Gasteiger partial charge in [0.1, 0.15) is 0 Å². The van der Waals surface area contributed by atoms with Gasteiger partial charge in [0.05, 0.1) is 0 Å². The van der Waals surface area contributed by atoms with E-state index in [9.17, 15) is 9.59 Å². The maximum absolute atomic E-state index is 12.6. The van der Waals surface area contributed by atoms with Crippen LogP contribution in [0.5, 0.6) is 0 Å². The number of hydrogen-bond acceptors (Lipinski definition) is 5. The van der Waals surface area contributed by atoms with Crippen LogP contribution >= 0.6 is 23.7 Å². The van der Waals surface area contributed by atoms with Crippen LogP contribution in [-0.4, -0.2) is 33.2 Å². The molecule has 6 nitrogen and oxygen atoms in total. The van der Waals surface area contributed by atoms with Crippen molar-refractivity contribution in [2.24, 2.45) is 14.1 Å². The number of benzene rings is 1. The Morgan fingerprint density at radius 2 is 1.93 bits per heavy atom. The number of rotatable bonds is 5. The summed E-state index contributed by atoms with van der Waals surface area (Å²) in [4.78, 5) is 27.0. The lowest BCUT2D eigenvalue weighted by molar-refractivity contribution is 0.189. The van der Waals surface area contributed by atoms with Crippen LogP contribution in [0.4, 0.5) is 0 Å². The molecule has 1 aliphatic rings. The quantitative estimate of drug-likeness (QED) is 0.686. The minimum absolute atomic E-state index is 0. The van der Waals surface area contributed by atoms with Gasteiger partial charge in [0.15, 0.2) is 0 Å². The summed E-state index contributed by atoms with van der Waals surface area (Å²) in [5.74, 6) is 0. The van der Waals surface area contributed by atoms with E-state index in [0.29, 0.717) is 18.2 Å². The predicted octanol–water partition coefficient (Wildman–Crippen LogP) is 2.08. The summed E-state index contributed by atoms with van der Waals surface area (Å²) in [5.41, 5.74) is 1.46. The second kappa shape index (κ2) is 8.61. The molecule has 1 fully saturated rings. The second-order valence-corrected chi connectivity index (χ2v) is 8.13. The molecule has 1 aromatic carbocycles. The van der Waals surface area contributed by atoms with Crippen LogP contribution in [0, 0.1) is 0 Å². The number of fused-ring (bicyclic) bond motifs is 1. The number of nitrogens with zero attached hydrogens (tertiary/aromatic N) is 3. The number of nitrogens with one attached hydrogen (secondary N) is 1. The Labute approximate surface area is 173 Å². The van der Waals surface area contributed by atoms with E-state index in [1.807, 2.05) is 0 Å².